The van der Waals surface area contributed by atoms with Gasteiger partial charge >= 0.3 is 0 Å². The summed E-state index contributed by atoms with van der Waals surface area (Å²) >= 11 is 0. The van der Waals surface area contributed by atoms with Crippen LogP contribution in [0.4, 0.5) is 5.82 Å². The Balaban J connectivity index is 1.87. The van der Waals surface area contributed by atoms with Gasteiger partial charge in [-0.1, -0.05) is 56.7 Å². The van der Waals surface area contributed by atoms with Crippen molar-refractivity contribution < 1.29 is 8.42 Å². The average Bonchev–Trinajstić information content (AvgIpc) is 3.19. The third kappa shape index (κ3) is 3.52. The standard InChI is InChI=1S/C22H25N5O2S/c1-4-5-14-23-20-18-8-6-7-9-19(18)27-21(24-20)22(25-26-27)30(28,29)17-12-10-16(11-13-17)15(2)3/h6-13,15H,4-5,14H2,1-3H3,(H,23,24). The zero-order valence-corrected chi connectivity index (χ0v) is 18.1. The highest BCUT2D eigenvalue weighted by molar-refractivity contribution is 7.91. The molecule has 0 spiro atoms. The third-order valence-corrected chi connectivity index (χ3v) is 6.82. The molecule has 2 aromatic carbocycles. The Morgan fingerprint density at radius 1 is 1.07 bits per heavy atom. The first-order valence-electron chi connectivity index (χ1n) is 10.2. The van der Waals surface area contributed by atoms with Crippen LogP contribution >= 0.6 is 0 Å². The second kappa shape index (κ2) is 8.02. The van der Waals surface area contributed by atoms with Gasteiger partial charge in [0.1, 0.15) is 5.82 Å². The van der Waals surface area contributed by atoms with E-state index in [1.54, 1.807) is 12.1 Å². The predicted octanol–water partition coefficient (Wildman–Crippen LogP) is 4.45. The number of nitrogens with one attached hydrogen (secondary N) is 1. The van der Waals surface area contributed by atoms with Crippen LogP contribution in [0, 0.1) is 0 Å². The number of hydrogen-bond acceptors (Lipinski definition) is 6. The van der Waals surface area contributed by atoms with Gasteiger partial charge in [-0.25, -0.2) is 13.4 Å². The number of rotatable bonds is 7. The number of nitrogens with zero attached hydrogens (tertiary/aromatic N) is 4. The minimum Gasteiger partial charge on any atom is -0.369 e. The Bertz CT molecular complexity index is 1290. The Hall–Kier alpha value is -3.00. The summed E-state index contributed by atoms with van der Waals surface area (Å²) in [6.45, 7) is 7.01. The number of hydrogen-bond donors (Lipinski definition) is 1. The molecule has 0 unspecified atom stereocenters. The van der Waals surface area contributed by atoms with Crippen molar-refractivity contribution in [3.8, 4) is 0 Å². The first-order valence-corrected chi connectivity index (χ1v) is 11.6. The molecule has 0 amide bonds. The molecule has 0 radical (unpaired) electrons. The lowest BCUT2D eigenvalue weighted by Crippen LogP contribution is -2.08. The van der Waals surface area contributed by atoms with Gasteiger partial charge in [0.25, 0.3) is 0 Å². The van der Waals surface area contributed by atoms with E-state index in [0.29, 0.717) is 11.7 Å². The van der Waals surface area contributed by atoms with E-state index in [9.17, 15) is 8.42 Å². The highest BCUT2D eigenvalue weighted by Crippen LogP contribution is 2.28. The summed E-state index contributed by atoms with van der Waals surface area (Å²) < 4.78 is 28.1. The van der Waals surface area contributed by atoms with Gasteiger partial charge in [0.05, 0.1) is 10.4 Å². The molecule has 0 aliphatic carbocycles. The summed E-state index contributed by atoms with van der Waals surface area (Å²) in [5.74, 6) is 0.960. The van der Waals surface area contributed by atoms with E-state index in [1.165, 1.54) is 4.52 Å². The molecule has 0 aliphatic rings. The van der Waals surface area contributed by atoms with Gasteiger partial charge in [-0.3, -0.25) is 0 Å². The summed E-state index contributed by atoms with van der Waals surface area (Å²) in [7, 11) is -3.86. The fourth-order valence-corrected chi connectivity index (χ4v) is 4.62. The van der Waals surface area contributed by atoms with Gasteiger partial charge in [-0.15, -0.1) is 5.10 Å². The zero-order chi connectivity index (χ0) is 21.3. The molecule has 2 heterocycles. The molecule has 0 atom stereocenters. The van der Waals surface area contributed by atoms with E-state index < -0.39 is 9.84 Å². The summed E-state index contributed by atoms with van der Waals surface area (Å²) in [6.07, 6.45) is 2.04. The second-order valence-electron chi connectivity index (χ2n) is 7.62. The molecule has 4 aromatic rings. The smallest absolute Gasteiger partial charge is 0.229 e. The van der Waals surface area contributed by atoms with Gasteiger partial charge in [0.15, 0.2) is 5.65 Å². The molecule has 0 bridgehead atoms. The van der Waals surface area contributed by atoms with Crippen LogP contribution in [-0.2, 0) is 9.84 Å². The number of aromatic nitrogens is 4. The van der Waals surface area contributed by atoms with Crippen LogP contribution in [0.1, 0.15) is 45.1 Å². The maximum atomic E-state index is 13.3. The Morgan fingerprint density at radius 3 is 2.50 bits per heavy atom. The van der Waals surface area contributed by atoms with Crippen molar-refractivity contribution in [2.75, 3.05) is 11.9 Å². The van der Waals surface area contributed by atoms with Crippen molar-refractivity contribution in [2.24, 2.45) is 0 Å². The number of benzene rings is 2. The van der Waals surface area contributed by atoms with Gasteiger partial charge in [-0.2, -0.15) is 4.52 Å². The molecule has 0 saturated heterocycles. The predicted molar refractivity (Wildman–Crippen MR) is 118 cm³/mol. The first-order chi connectivity index (χ1) is 14.4. The van der Waals surface area contributed by atoms with Crippen molar-refractivity contribution in [1.82, 2.24) is 19.8 Å². The monoisotopic (exact) mass is 423 g/mol. The molecule has 0 saturated carbocycles. The third-order valence-electron chi connectivity index (χ3n) is 5.16. The van der Waals surface area contributed by atoms with Crippen LogP contribution < -0.4 is 5.32 Å². The maximum Gasteiger partial charge on any atom is 0.229 e. The molecule has 0 fully saturated rings. The minimum atomic E-state index is -3.86. The van der Waals surface area contributed by atoms with Crippen molar-refractivity contribution in [1.29, 1.82) is 0 Å². The number of fused-ring (bicyclic) bond motifs is 3. The van der Waals surface area contributed by atoms with Crippen molar-refractivity contribution in [3.63, 3.8) is 0 Å². The molecule has 30 heavy (non-hydrogen) atoms. The van der Waals surface area contributed by atoms with Crippen LogP contribution in [0.15, 0.2) is 58.5 Å². The summed E-state index contributed by atoms with van der Waals surface area (Å²) in [5.41, 5.74) is 2.06. The fraction of sp³-hybridized carbons (Fsp3) is 0.318. The second-order valence-corrected chi connectivity index (χ2v) is 9.48. The Labute approximate surface area is 176 Å². The zero-order valence-electron chi connectivity index (χ0n) is 17.3. The fourth-order valence-electron chi connectivity index (χ4n) is 3.38. The Morgan fingerprint density at radius 2 is 1.80 bits per heavy atom. The van der Waals surface area contributed by atoms with Crippen LogP contribution in [-0.4, -0.2) is 34.8 Å². The quantitative estimate of drug-likeness (QED) is 0.442. The lowest BCUT2D eigenvalue weighted by molar-refractivity contribution is 0.592. The Kier molecular flexibility index (Phi) is 5.42. The van der Waals surface area contributed by atoms with Gasteiger partial charge in [0.2, 0.25) is 14.9 Å². The van der Waals surface area contributed by atoms with E-state index in [4.69, 9.17) is 0 Å². The molecular formula is C22H25N5O2S. The van der Waals surface area contributed by atoms with E-state index in [-0.39, 0.29) is 15.6 Å². The lowest BCUT2D eigenvalue weighted by Gasteiger charge is -2.10. The number of para-hydroxylation sites is 1. The van der Waals surface area contributed by atoms with Gasteiger partial charge < -0.3 is 5.32 Å². The number of unbranched alkanes of at least 4 members (excludes halogenated alkanes) is 1. The molecule has 0 aliphatic heterocycles. The maximum absolute atomic E-state index is 13.3. The summed E-state index contributed by atoms with van der Waals surface area (Å²) in [5, 5.41) is 12.2. The summed E-state index contributed by atoms with van der Waals surface area (Å²) in [4.78, 5) is 4.81. The number of sulfone groups is 1. The van der Waals surface area contributed by atoms with E-state index in [1.807, 2.05) is 36.4 Å². The average molecular weight is 424 g/mol. The van der Waals surface area contributed by atoms with E-state index in [2.05, 4.69) is 41.4 Å². The SMILES string of the molecule is CCCCNc1nc2c(S(=O)(=O)c3ccc(C(C)C)cc3)nnn2c2ccccc12. The van der Waals surface area contributed by atoms with Crippen molar-refractivity contribution in [3.05, 3.63) is 54.1 Å². The molecule has 2 aromatic heterocycles. The van der Waals surface area contributed by atoms with E-state index in [0.717, 1.165) is 35.9 Å². The van der Waals surface area contributed by atoms with Crippen LogP contribution in [0.2, 0.25) is 0 Å². The highest BCUT2D eigenvalue weighted by Gasteiger charge is 2.27. The normalized spacial score (nSPS) is 12.1. The topological polar surface area (TPSA) is 89.2 Å². The van der Waals surface area contributed by atoms with Crippen LogP contribution in [0.25, 0.3) is 16.6 Å². The van der Waals surface area contributed by atoms with Crippen LogP contribution in [0.3, 0.4) is 0 Å². The largest absolute Gasteiger partial charge is 0.369 e. The first kappa shape index (κ1) is 20.3. The van der Waals surface area contributed by atoms with Crippen molar-refractivity contribution >= 4 is 32.2 Å². The number of anilines is 1. The highest BCUT2D eigenvalue weighted by atomic mass is 32.2. The van der Waals surface area contributed by atoms with E-state index >= 15 is 0 Å². The minimum absolute atomic E-state index is 0.135. The molecule has 156 valence electrons. The lowest BCUT2D eigenvalue weighted by atomic mass is 10.0. The molecule has 1 N–H and O–H groups in total. The van der Waals surface area contributed by atoms with Gasteiger partial charge in [0, 0.05) is 11.9 Å². The van der Waals surface area contributed by atoms with Gasteiger partial charge in [-0.05, 0) is 42.2 Å². The molecule has 4 rings (SSSR count). The summed E-state index contributed by atoms with van der Waals surface area (Å²) in [6, 6.07) is 14.6. The van der Waals surface area contributed by atoms with Crippen molar-refractivity contribution in [2.45, 2.75) is 49.5 Å². The van der Waals surface area contributed by atoms with Crippen LogP contribution in [0.5, 0.6) is 0 Å². The molecule has 8 heteroatoms. The molecule has 7 nitrogen and oxygen atoms in total. The molecular weight excluding hydrogens is 398 g/mol.